The fourth-order valence-corrected chi connectivity index (χ4v) is 3.00. The second kappa shape index (κ2) is 12.6. The maximum absolute atomic E-state index is 12.2. The molecule has 1 fully saturated rings. The highest BCUT2D eigenvalue weighted by Gasteiger charge is 2.20. The first-order valence-corrected chi connectivity index (χ1v) is 9.80. The van der Waals surface area contributed by atoms with E-state index in [2.05, 4.69) is 15.5 Å². The van der Waals surface area contributed by atoms with Gasteiger partial charge in [-0.15, -0.1) is 0 Å². The summed E-state index contributed by atoms with van der Waals surface area (Å²) in [6.07, 6.45) is 2.80. The number of amides is 4. The molecular formula is C18H35N5O3. The van der Waals surface area contributed by atoms with Crippen molar-refractivity contribution in [1.82, 2.24) is 25.3 Å². The molecule has 2 N–H and O–H groups in total. The molecular weight excluding hydrogens is 334 g/mol. The Morgan fingerprint density at radius 2 is 1.54 bits per heavy atom. The standard InChI is InChI=1S/C18H35N5O3/c1-4-7-9-19-18(26)20-16(24)14-21-10-8-11-22(13-12-21)15-17(25)23(5-2)6-3/h4-15H2,1-3H3,(H2,19,20,24,26). The van der Waals surface area contributed by atoms with Crippen LogP contribution in [0.1, 0.15) is 40.0 Å². The number of imide groups is 1. The van der Waals surface area contributed by atoms with Gasteiger partial charge in [0, 0.05) is 32.7 Å². The summed E-state index contributed by atoms with van der Waals surface area (Å²) >= 11 is 0. The molecule has 0 bridgehead atoms. The van der Waals surface area contributed by atoms with E-state index in [1.165, 1.54) is 0 Å². The SMILES string of the molecule is CCCCNC(=O)NC(=O)CN1CCCN(CC(=O)N(CC)CC)CC1. The smallest absolute Gasteiger partial charge is 0.321 e. The molecule has 1 rings (SSSR count). The van der Waals surface area contributed by atoms with Crippen molar-refractivity contribution in [2.45, 2.75) is 40.0 Å². The quantitative estimate of drug-likeness (QED) is 0.578. The number of rotatable bonds is 9. The van der Waals surface area contributed by atoms with Crippen LogP contribution in [0.2, 0.25) is 0 Å². The summed E-state index contributed by atoms with van der Waals surface area (Å²) in [7, 11) is 0. The van der Waals surface area contributed by atoms with E-state index in [-0.39, 0.29) is 18.4 Å². The molecule has 0 saturated carbocycles. The summed E-state index contributed by atoms with van der Waals surface area (Å²) in [5, 5.41) is 5.05. The van der Waals surface area contributed by atoms with Crippen molar-refractivity contribution in [3.8, 4) is 0 Å². The molecule has 0 spiro atoms. The van der Waals surface area contributed by atoms with Crippen LogP contribution in [-0.4, -0.2) is 91.4 Å². The van der Waals surface area contributed by atoms with Gasteiger partial charge in [0.1, 0.15) is 0 Å². The van der Waals surface area contributed by atoms with Gasteiger partial charge in [-0.25, -0.2) is 4.79 Å². The minimum Gasteiger partial charge on any atom is -0.342 e. The lowest BCUT2D eigenvalue weighted by molar-refractivity contribution is -0.132. The Balaban J connectivity index is 2.33. The zero-order valence-corrected chi connectivity index (χ0v) is 16.6. The number of hydrogen-bond acceptors (Lipinski definition) is 5. The zero-order valence-electron chi connectivity index (χ0n) is 16.6. The van der Waals surface area contributed by atoms with E-state index < -0.39 is 6.03 Å². The molecule has 0 unspecified atom stereocenters. The zero-order chi connectivity index (χ0) is 19.4. The van der Waals surface area contributed by atoms with Crippen molar-refractivity contribution in [3.63, 3.8) is 0 Å². The van der Waals surface area contributed by atoms with Gasteiger partial charge in [0.05, 0.1) is 13.1 Å². The molecule has 1 aliphatic rings. The summed E-state index contributed by atoms with van der Waals surface area (Å²) in [5.74, 6) is -0.128. The second-order valence-corrected chi connectivity index (χ2v) is 6.63. The third-order valence-corrected chi connectivity index (χ3v) is 4.59. The Hall–Kier alpha value is -1.67. The summed E-state index contributed by atoms with van der Waals surface area (Å²) in [6, 6.07) is -0.426. The third-order valence-electron chi connectivity index (χ3n) is 4.59. The highest BCUT2D eigenvalue weighted by Crippen LogP contribution is 2.04. The Morgan fingerprint density at radius 3 is 2.12 bits per heavy atom. The lowest BCUT2D eigenvalue weighted by atomic mass is 10.3. The van der Waals surface area contributed by atoms with E-state index >= 15 is 0 Å². The minimum absolute atomic E-state index is 0.157. The molecule has 4 amide bonds. The summed E-state index contributed by atoms with van der Waals surface area (Å²) < 4.78 is 0. The van der Waals surface area contributed by atoms with Gasteiger partial charge in [-0.3, -0.25) is 24.7 Å². The molecule has 0 radical (unpaired) electrons. The van der Waals surface area contributed by atoms with Crippen LogP contribution in [-0.2, 0) is 9.59 Å². The second-order valence-electron chi connectivity index (χ2n) is 6.63. The van der Waals surface area contributed by atoms with Gasteiger partial charge >= 0.3 is 6.03 Å². The van der Waals surface area contributed by atoms with Crippen molar-refractivity contribution < 1.29 is 14.4 Å². The van der Waals surface area contributed by atoms with Crippen LogP contribution in [0, 0.1) is 0 Å². The lowest BCUT2D eigenvalue weighted by Gasteiger charge is -2.25. The van der Waals surface area contributed by atoms with E-state index in [1.54, 1.807) is 0 Å². The Morgan fingerprint density at radius 1 is 0.923 bits per heavy atom. The van der Waals surface area contributed by atoms with E-state index in [9.17, 15) is 14.4 Å². The predicted molar refractivity (Wildman–Crippen MR) is 102 cm³/mol. The normalized spacial score (nSPS) is 16.0. The average Bonchev–Trinajstić information content (AvgIpc) is 2.81. The fourth-order valence-electron chi connectivity index (χ4n) is 3.00. The van der Waals surface area contributed by atoms with Gasteiger partial charge in [0.25, 0.3) is 0 Å². The molecule has 8 heteroatoms. The average molecular weight is 370 g/mol. The van der Waals surface area contributed by atoms with Crippen molar-refractivity contribution in [3.05, 3.63) is 0 Å². The van der Waals surface area contributed by atoms with E-state index in [0.717, 1.165) is 58.5 Å². The number of hydrogen-bond donors (Lipinski definition) is 2. The first-order valence-electron chi connectivity index (χ1n) is 9.80. The third kappa shape index (κ3) is 8.62. The lowest BCUT2D eigenvalue weighted by Crippen LogP contribution is -2.45. The maximum Gasteiger partial charge on any atom is 0.321 e. The van der Waals surface area contributed by atoms with Crippen LogP contribution >= 0.6 is 0 Å². The minimum atomic E-state index is -0.426. The largest absolute Gasteiger partial charge is 0.342 e. The van der Waals surface area contributed by atoms with E-state index in [0.29, 0.717) is 13.1 Å². The number of likely N-dealkylation sites (N-methyl/N-ethyl adjacent to an activating group) is 1. The fraction of sp³-hybridized carbons (Fsp3) is 0.833. The van der Waals surface area contributed by atoms with E-state index in [4.69, 9.17) is 0 Å². The number of nitrogens with one attached hydrogen (secondary N) is 2. The number of urea groups is 1. The van der Waals surface area contributed by atoms with E-state index in [1.807, 2.05) is 30.6 Å². The molecule has 0 aromatic carbocycles. The maximum atomic E-state index is 12.2. The molecule has 1 aliphatic heterocycles. The van der Waals surface area contributed by atoms with Crippen LogP contribution < -0.4 is 10.6 Å². The first kappa shape index (κ1) is 22.4. The molecule has 150 valence electrons. The Kier molecular flexibility index (Phi) is 10.9. The Bertz CT molecular complexity index is 454. The van der Waals surface area contributed by atoms with Gasteiger partial charge in [0.2, 0.25) is 11.8 Å². The molecule has 26 heavy (non-hydrogen) atoms. The Labute approximate surface area is 157 Å². The molecule has 8 nitrogen and oxygen atoms in total. The molecule has 0 atom stereocenters. The first-order chi connectivity index (χ1) is 12.5. The van der Waals surface area contributed by atoms with Crippen LogP contribution in [0.15, 0.2) is 0 Å². The number of carbonyl (C=O) groups excluding carboxylic acids is 3. The summed E-state index contributed by atoms with van der Waals surface area (Å²) in [5.41, 5.74) is 0. The highest BCUT2D eigenvalue weighted by molar-refractivity contribution is 5.95. The predicted octanol–water partition coefficient (Wildman–Crippen LogP) is 0.488. The van der Waals surface area contributed by atoms with Crippen molar-refractivity contribution in [2.75, 3.05) is 58.9 Å². The summed E-state index contributed by atoms with van der Waals surface area (Å²) in [4.78, 5) is 41.9. The van der Waals surface area contributed by atoms with Gasteiger partial charge in [-0.05, 0) is 39.8 Å². The van der Waals surface area contributed by atoms with Crippen molar-refractivity contribution in [1.29, 1.82) is 0 Å². The molecule has 1 heterocycles. The number of carbonyl (C=O) groups is 3. The molecule has 0 aliphatic carbocycles. The van der Waals surface area contributed by atoms with Crippen molar-refractivity contribution >= 4 is 17.8 Å². The van der Waals surface area contributed by atoms with Gasteiger partial charge in [0.15, 0.2) is 0 Å². The molecule has 0 aromatic heterocycles. The van der Waals surface area contributed by atoms with Crippen LogP contribution in [0.5, 0.6) is 0 Å². The number of unbranched alkanes of at least 4 members (excludes halogenated alkanes) is 1. The molecule has 1 saturated heterocycles. The highest BCUT2D eigenvalue weighted by atomic mass is 16.2. The topological polar surface area (TPSA) is 85.0 Å². The van der Waals surface area contributed by atoms with Crippen LogP contribution in [0.3, 0.4) is 0 Å². The van der Waals surface area contributed by atoms with Gasteiger partial charge in [-0.1, -0.05) is 13.3 Å². The van der Waals surface area contributed by atoms with Crippen LogP contribution in [0.4, 0.5) is 4.79 Å². The molecule has 0 aromatic rings. The van der Waals surface area contributed by atoms with Gasteiger partial charge < -0.3 is 10.2 Å². The summed E-state index contributed by atoms with van der Waals surface area (Å²) in [6.45, 7) is 11.8. The van der Waals surface area contributed by atoms with Gasteiger partial charge in [-0.2, -0.15) is 0 Å². The number of nitrogens with zero attached hydrogens (tertiary/aromatic N) is 3. The van der Waals surface area contributed by atoms with Crippen LogP contribution in [0.25, 0.3) is 0 Å². The van der Waals surface area contributed by atoms with Crippen molar-refractivity contribution in [2.24, 2.45) is 0 Å². The monoisotopic (exact) mass is 369 g/mol.